The van der Waals surface area contributed by atoms with Crippen molar-refractivity contribution in [1.82, 2.24) is 4.98 Å². The van der Waals surface area contributed by atoms with Gasteiger partial charge in [-0.15, -0.1) is 0 Å². The maximum atomic E-state index is 7.58. The molecule has 3 heteroatoms. The van der Waals surface area contributed by atoms with Crippen LogP contribution >= 0.6 is 0 Å². The Balaban J connectivity index is 2.16. The van der Waals surface area contributed by atoms with Gasteiger partial charge in [-0.1, -0.05) is 5.92 Å². The van der Waals surface area contributed by atoms with E-state index in [0.29, 0.717) is 13.0 Å². The first kappa shape index (κ1) is 10.6. The van der Waals surface area contributed by atoms with E-state index in [2.05, 4.69) is 21.8 Å². The number of aryl methyl sites for hydroxylation is 1. The fourth-order valence-corrected chi connectivity index (χ4v) is 1.52. The summed E-state index contributed by atoms with van der Waals surface area (Å²) in [7, 11) is 0. The van der Waals surface area contributed by atoms with Gasteiger partial charge >= 0.3 is 0 Å². The SMILES string of the molecule is Cc1cncc(C#CC2=NCCC(=N)C2)c1. The molecule has 16 heavy (non-hydrogen) atoms. The molecule has 0 aliphatic carbocycles. The van der Waals surface area contributed by atoms with Crippen LogP contribution in [0.4, 0.5) is 0 Å². The molecule has 0 atom stereocenters. The van der Waals surface area contributed by atoms with E-state index in [4.69, 9.17) is 5.41 Å². The highest BCUT2D eigenvalue weighted by molar-refractivity contribution is 6.13. The molecule has 1 aromatic heterocycles. The molecule has 1 aromatic rings. The smallest absolute Gasteiger partial charge is 0.0903 e. The lowest BCUT2D eigenvalue weighted by Gasteiger charge is -2.07. The second-order valence-corrected chi connectivity index (χ2v) is 3.86. The van der Waals surface area contributed by atoms with Crippen molar-refractivity contribution in [3.63, 3.8) is 0 Å². The van der Waals surface area contributed by atoms with E-state index in [1.54, 1.807) is 12.4 Å². The van der Waals surface area contributed by atoms with Gasteiger partial charge in [0.15, 0.2) is 0 Å². The van der Waals surface area contributed by atoms with Crippen molar-refractivity contribution in [2.75, 3.05) is 6.54 Å². The van der Waals surface area contributed by atoms with Crippen LogP contribution in [0.3, 0.4) is 0 Å². The molecule has 0 aromatic carbocycles. The van der Waals surface area contributed by atoms with E-state index >= 15 is 0 Å². The minimum Gasteiger partial charge on any atom is -0.309 e. The molecule has 80 valence electrons. The van der Waals surface area contributed by atoms with Gasteiger partial charge in [0.05, 0.1) is 5.71 Å². The fraction of sp³-hybridized carbons (Fsp3) is 0.308. The summed E-state index contributed by atoms with van der Waals surface area (Å²) in [6, 6.07) is 1.99. The summed E-state index contributed by atoms with van der Waals surface area (Å²) >= 11 is 0. The van der Waals surface area contributed by atoms with Crippen molar-refractivity contribution >= 4 is 11.4 Å². The Morgan fingerprint density at radius 2 is 2.19 bits per heavy atom. The quantitative estimate of drug-likeness (QED) is 0.655. The summed E-state index contributed by atoms with van der Waals surface area (Å²) < 4.78 is 0. The van der Waals surface area contributed by atoms with Gasteiger partial charge in [-0.2, -0.15) is 0 Å². The van der Waals surface area contributed by atoms with Crippen molar-refractivity contribution in [3.8, 4) is 11.8 Å². The standard InChI is InChI=1S/C13H13N3/c1-10-6-11(9-15-8-10)2-3-13-7-12(14)4-5-16-13/h6,8-9,14H,4-5,7H2,1H3. The van der Waals surface area contributed by atoms with E-state index in [9.17, 15) is 0 Å². The monoisotopic (exact) mass is 211 g/mol. The lowest BCUT2D eigenvalue weighted by Crippen LogP contribution is -2.13. The molecule has 1 aliphatic heterocycles. The molecule has 0 bridgehead atoms. The van der Waals surface area contributed by atoms with Gasteiger partial charge in [0.1, 0.15) is 0 Å². The molecule has 3 nitrogen and oxygen atoms in total. The van der Waals surface area contributed by atoms with Gasteiger partial charge in [-0.05, 0) is 24.5 Å². The highest BCUT2D eigenvalue weighted by atomic mass is 14.8. The topological polar surface area (TPSA) is 49.1 Å². The third-order valence-electron chi connectivity index (χ3n) is 2.32. The van der Waals surface area contributed by atoms with Crippen molar-refractivity contribution in [1.29, 1.82) is 5.41 Å². The molecule has 2 heterocycles. The first-order chi connectivity index (χ1) is 7.74. The molecule has 0 spiro atoms. The lowest BCUT2D eigenvalue weighted by molar-refractivity contribution is 0.987. The molecule has 1 N–H and O–H groups in total. The normalized spacial score (nSPS) is 15.1. The molecule has 0 saturated carbocycles. The summed E-state index contributed by atoms with van der Waals surface area (Å²) in [5.74, 6) is 6.05. The van der Waals surface area contributed by atoms with Crippen LogP contribution in [0.15, 0.2) is 23.5 Å². The molecule has 0 unspecified atom stereocenters. The second-order valence-electron chi connectivity index (χ2n) is 3.86. The minimum atomic E-state index is 0.603. The van der Waals surface area contributed by atoms with Crippen LogP contribution in [-0.4, -0.2) is 23.0 Å². The van der Waals surface area contributed by atoms with Gasteiger partial charge in [-0.25, -0.2) is 0 Å². The molecule has 0 saturated heterocycles. The highest BCUT2D eigenvalue weighted by Crippen LogP contribution is 2.03. The number of rotatable bonds is 0. The zero-order chi connectivity index (χ0) is 11.4. The van der Waals surface area contributed by atoms with Gasteiger partial charge in [-0.3, -0.25) is 9.98 Å². The average molecular weight is 211 g/mol. The van der Waals surface area contributed by atoms with Crippen molar-refractivity contribution in [2.45, 2.75) is 19.8 Å². The number of hydrogen-bond donors (Lipinski definition) is 1. The van der Waals surface area contributed by atoms with E-state index in [1.807, 2.05) is 13.0 Å². The molecule has 0 fully saturated rings. The lowest BCUT2D eigenvalue weighted by atomic mass is 10.1. The number of nitrogens with one attached hydrogen (secondary N) is 1. The number of hydrogen-bond acceptors (Lipinski definition) is 3. The second kappa shape index (κ2) is 4.71. The average Bonchev–Trinajstić information content (AvgIpc) is 2.27. The summed E-state index contributed by atoms with van der Waals surface area (Å²) in [5, 5.41) is 7.58. The molecule has 0 radical (unpaired) electrons. The van der Waals surface area contributed by atoms with Crippen LogP contribution in [0.5, 0.6) is 0 Å². The van der Waals surface area contributed by atoms with Gasteiger partial charge < -0.3 is 5.41 Å². The van der Waals surface area contributed by atoms with Crippen molar-refractivity contribution in [3.05, 3.63) is 29.6 Å². The Bertz CT molecular complexity index is 503. The predicted molar refractivity (Wildman–Crippen MR) is 65.1 cm³/mol. The van der Waals surface area contributed by atoms with Crippen LogP contribution < -0.4 is 0 Å². The van der Waals surface area contributed by atoms with Crippen LogP contribution in [0.1, 0.15) is 24.0 Å². The number of pyridine rings is 1. The fourth-order valence-electron chi connectivity index (χ4n) is 1.52. The van der Waals surface area contributed by atoms with Gasteiger partial charge in [0.25, 0.3) is 0 Å². The van der Waals surface area contributed by atoms with E-state index in [0.717, 1.165) is 29.0 Å². The highest BCUT2D eigenvalue weighted by Gasteiger charge is 2.06. The van der Waals surface area contributed by atoms with Gasteiger partial charge in [0, 0.05) is 43.1 Å². The van der Waals surface area contributed by atoms with Crippen LogP contribution in [0.2, 0.25) is 0 Å². The van der Waals surface area contributed by atoms with E-state index in [1.165, 1.54) is 0 Å². The Morgan fingerprint density at radius 3 is 2.94 bits per heavy atom. The zero-order valence-electron chi connectivity index (χ0n) is 9.25. The van der Waals surface area contributed by atoms with Crippen LogP contribution in [0, 0.1) is 24.2 Å². The van der Waals surface area contributed by atoms with Crippen molar-refractivity contribution < 1.29 is 0 Å². The Kier molecular flexibility index (Phi) is 3.11. The number of aromatic nitrogens is 1. The largest absolute Gasteiger partial charge is 0.309 e. The van der Waals surface area contributed by atoms with E-state index < -0.39 is 0 Å². The van der Waals surface area contributed by atoms with Crippen LogP contribution in [0.25, 0.3) is 0 Å². The maximum absolute atomic E-state index is 7.58. The molecule has 2 rings (SSSR count). The molecular weight excluding hydrogens is 198 g/mol. The first-order valence-corrected chi connectivity index (χ1v) is 5.27. The minimum absolute atomic E-state index is 0.603. The van der Waals surface area contributed by atoms with Gasteiger partial charge in [0.2, 0.25) is 0 Å². The summed E-state index contributed by atoms with van der Waals surface area (Å²) in [4.78, 5) is 8.38. The summed E-state index contributed by atoms with van der Waals surface area (Å²) in [6.45, 7) is 2.70. The summed E-state index contributed by atoms with van der Waals surface area (Å²) in [5.41, 5.74) is 3.55. The molecule has 1 aliphatic rings. The third-order valence-corrected chi connectivity index (χ3v) is 2.32. The zero-order valence-corrected chi connectivity index (χ0v) is 9.25. The first-order valence-electron chi connectivity index (χ1n) is 5.27. The van der Waals surface area contributed by atoms with Crippen molar-refractivity contribution in [2.24, 2.45) is 4.99 Å². The maximum Gasteiger partial charge on any atom is 0.0903 e. The van der Waals surface area contributed by atoms with E-state index in [-0.39, 0.29) is 0 Å². The number of nitrogens with zero attached hydrogens (tertiary/aromatic N) is 2. The molecular formula is C13H13N3. The third kappa shape index (κ3) is 2.77. The van der Waals surface area contributed by atoms with Crippen LogP contribution in [-0.2, 0) is 0 Å². The summed E-state index contributed by atoms with van der Waals surface area (Å²) in [6.07, 6.45) is 4.93. The molecule has 0 amide bonds. The predicted octanol–water partition coefficient (Wildman–Crippen LogP) is 2.00. The Morgan fingerprint density at radius 1 is 1.31 bits per heavy atom. The Labute approximate surface area is 95.1 Å². The Hall–Kier alpha value is -1.95. The number of aliphatic imine (C=N–C) groups is 1.